The Morgan fingerprint density at radius 1 is 1.19 bits per heavy atom. The maximum Gasteiger partial charge on any atom is 0.262 e. The third-order valence-corrected chi connectivity index (χ3v) is 6.28. The average molecular weight is 388 g/mol. The Kier molecular flexibility index (Phi) is 4.44. The summed E-state index contributed by atoms with van der Waals surface area (Å²) in [6, 6.07) is 9.43. The van der Waals surface area contributed by atoms with Crippen LogP contribution in [-0.4, -0.2) is 50.4 Å². The second-order valence-corrected chi connectivity index (χ2v) is 8.39. The second kappa shape index (κ2) is 6.78. The predicted molar refractivity (Wildman–Crippen MR) is 96.5 cm³/mol. The zero-order valence-corrected chi connectivity index (χ0v) is 15.9. The zero-order valence-electron chi connectivity index (χ0n) is 15.1. The predicted octanol–water partition coefficient (Wildman–Crippen LogP) is 1.14. The van der Waals surface area contributed by atoms with Gasteiger partial charge in [0.1, 0.15) is 23.9 Å². The fourth-order valence-corrected chi connectivity index (χ4v) is 4.34. The van der Waals surface area contributed by atoms with Crippen molar-refractivity contribution < 1.29 is 13.2 Å². The number of sulfonamides is 1. The molecule has 9 nitrogen and oxygen atoms in total. The molecular formula is C17H20N6O3S. The van der Waals surface area contributed by atoms with E-state index in [1.807, 2.05) is 30.3 Å². The molecule has 1 aliphatic rings. The van der Waals surface area contributed by atoms with E-state index in [1.165, 1.54) is 10.5 Å². The van der Waals surface area contributed by atoms with Crippen molar-refractivity contribution in [1.82, 2.24) is 28.9 Å². The highest BCUT2D eigenvalue weighted by Gasteiger charge is 2.39. The molecule has 0 radical (unpaired) electrons. The number of nitrogens with zero attached hydrogens (tertiary/aromatic N) is 6. The summed E-state index contributed by atoms with van der Waals surface area (Å²) in [5.74, 6) is 1.42. The number of aromatic nitrogens is 5. The van der Waals surface area contributed by atoms with Crippen LogP contribution < -0.4 is 4.74 Å². The number of rotatable bonds is 6. The Morgan fingerprint density at radius 3 is 2.59 bits per heavy atom. The van der Waals surface area contributed by atoms with Gasteiger partial charge in [0.25, 0.3) is 10.0 Å². The molecule has 0 spiro atoms. The number of benzene rings is 1. The SMILES string of the molecule is Cc1nc(S(=O)(=O)N2CC(n3cc(COc4ccccc4)nn3)C2)cn1C. The van der Waals surface area contributed by atoms with Gasteiger partial charge in [0.2, 0.25) is 0 Å². The van der Waals surface area contributed by atoms with Crippen LogP contribution in [0.1, 0.15) is 17.6 Å². The van der Waals surface area contributed by atoms with E-state index < -0.39 is 10.0 Å². The van der Waals surface area contributed by atoms with Gasteiger partial charge in [-0.15, -0.1) is 5.10 Å². The van der Waals surface area contributed by atoms with Crippen molar-refractivity contribution >= 4 is 10.0 Å². The molecule has 10 heteroatoms. The quantitative estimate of drug-likeness (QED) is 0.629. The van der Waals surface area contributed by atoms with Gasteiger partial charge >= 0.3 is 0 Å². The first-order valence-electron chi connectivity index (χ1n) is 8.52. The van der Waals surface area contributed by atoms with Crippen LogP contribution in [-0.2, 0) is 23.7 Å². The summed E-state index contributed by atoms with van der Waals surface area (Å²) in [4.78, 5) is 4.12. The summed E-state index contributed by atoms with van der Waals surface area (Å²) >= 11 is 0. The number of para-hydroxylation sites is 1. The number of aryl methyl sites for hydroxylation is 2. The second-order valence-electron chi connectivity index (χ2n) is 6.50. The van der Waals surface area contributed by atoms with Crippen molar-refractivity contribution in [3.63, 3.8) is 0 Å². The highest BCUT2D eigenvalue weighted by molar-refractivity contribution is 7.89. The van der Waals surface area contributed by atoms with E-state index in [-0.39, 0.29) is 11.1 Å². The highest BCUT2D eigenvalue weighted by atomic mass is 32.2. The Morgan fingerprint density at radius 2 is 1.93 bits per heavy atom. The highest BCUT2D eigenvalue weighted by Crippen LogP contribution is 2.27. The van der Waals surface area contributed by atoms with Gasteiger partial charge in [0.15, 0.2) is 5.03 Å². The van der Waals surface area contributed by atoms with Gasteiger partial charge in [0.05, 0.1) is 12.2 Å². The van der Waals surface area contributed by atoms with E-state index in [1.54, 1.807) is 29.4 Å². The monoisotopic (exact) mass is 388 g/mol. The molecule has 1 fully saturated rings. The fourth-order valence-electron chi connectivity index (χ4n) is 2.80. The van der Waals surface area contributed by atoms with E-state index in [4.69, 9.17) is 4.74 Å². The third-order valence-electron chi connectivity index (χ3n) is 4.58. The van der Waals surface area contributed by atoms with Crippen LogP contribution in [0.4, 0.5) is 0 Å². The lowest BCUT2D eigenvalue weighted by Crippen LogP contribution is -2.50. The van der Waals surface area contributed by atoms with Crippen molar-refractivity contribution in [1.29, 1.82) is 0 Å². The minimum atomic E-state index is -3.57. The standard InChI is InChI=1S/C17H20N6O3S/c1-13-18-17(11-21(13)2)27(24,25)22-9-15(10-22)23-8-14(19-20-23)12-26-16-6-4-3-5-7-16/h3-8,11,15H,9-10,12H2,1-2H3. The number of ether oxygens (including phenoxy) is 1. The summed E-state index contributed by atoms with van der Waals surface area (Å²) in [5, 5.41) is 8.28. The summed E-state index contributed by atoms with van der Waals surface area (Å²) in [5.41, 5.74) is 0.695. The Labute approximate surface area is 157 Å². The first-order valence-corrected chi connectivity index (χ1v) is 9.96. The summed E-state index contributed by atoms with van der Waals surface area (Å²) in [7, 11) is -1.80. The van der Waals surface area contributed by atoms with Crippen LogP contribution in [0.2, 0.25) is 0 Å². The topological polar surface area (TPSA) is 95.1 Å². The van der Waals surface area contributed by atoms with Crippen LogP contribution in [0.5, 0.6) is 5.75 Å². The zero-order chi connectivity index (χ0) is 19.0. The van der Waals surface area contributed by atoms with E-state index in [9.17, 15) is 8.42 Å². The van der Waals surface area contributed by atoms with E-state index >= 15 is 0 Å². The number of hydrogen-bond donors (Lipinski definition) is 0. The van der Waals surface area contributed by atoms with Gasteiger partial charge in [-0.25, -0.2) is 18.1 Å². The fraction of sp³-hybridized carbons (Fsp3) is 0.353. The summed E-state index contributed by atoms with van der Waals surface area (Å²) in [6.45, 7) is 2.78. The maximum atomic E-state index is 12.6. The molecule has 3 heterocycles. The van der Waals surface area contributed by atoms with Gasteiger partial charge in [-0.2, -0.15) is 4.31 Å². The van der Waals surface area contributed by atoms with Crippen LogP contribution >= 0.6 is 0 Å². The first kappa shape index (κ1) is 17.7. The molecule has 0 aliphatic carbocycles. The molecule has 4 rings (SSSR count). The molecule has 0 bridgehead atoms. The molecule has 1 aromatic carbocycles. The Bertz CT molecular complexity index is 1020. The van der Waals surface area contributed by atoms with Crippen LogP contribution in [0.15, 0.2) is 47.8 Å². The van der Waals surface area contributed by atoms with Gasteiger partial charge in [-0.3, -0.25) is 0 Å². The van der Waals surface area contributed by atoms with E-state index in [0.717, 1.165) is 5.75 Å². The van der Waals surface area contributed by atoms with Crippen molar-refractivity contribution in [3.8, 4) is 5.75 Å². The van der Waals surface area contributed by atoms with E-state index in [2.05, 4.69) is 15.3 Å². The molecule has 2 aromatic heterocycles. The molecule has 1 saturated heterocycles. The number of imidazole rings is 1. The Balaban J connectivity index is 1.36. The minimum Gasteiger partial charge on any atom is -0.487 e. The normalized spacial score (nSPS) is 15.6. The third kappa shape index (κ3) is 3.45. The van der Waals surface area contributed by atoms with Gasteiger partial charge < -0.3 is 9.30 Å². The van der Waals surface area contributed by atoms with Gasteiger partial charge in [-0.05, 0) is 19.1 Å². The maximum absolute atomic E-state index is 12.6. The molecule has 0 unspecified atom stereocenters. The van der Waals surface area contributed by atoms with Crippen LogP contribution in [0.3, 0.4) is 0 Å². The molecule has 142 valence electrons. The molecule has 1 aliphatic heterocycles. The number of hydrogen-bond acceptors (Lipinski definition) is 6. The summed E-state index contributed by atoms with van der Waals surface area (Å²) < 4.78 is 35.7. The van der Waals surface area contributed by atoms with E-state index in [0.29, 0.717) is 31.2 Å². The van der Waals surface area contributed by atoms with Crippen molar-refractivity contribution in [2.24, 2.45) is 7.05 Å². The van der Waals surface area contributed by atoms with Crippen molar-refractivity contribution in [3.05, 3.63) is 54.2 Å². The molecule has 0 N–H and O–H groups in total. The lowest BCUT2D eigenvalue weighted by molar-refractivity contribution is 0.188. The van der Waals surface area contributed by atoms with Crippen LogP contribution in [0.25, 0.3) is 0 Å². The molecule has 3 aromatic rings. The first-order chi connectivity index (χ1) is 12.9. The lowest BCUT2D eigenvalue weighted by atomic mass is 10.2. The minimum absolute atomic E-state index is 0.0393. The summed E-state index contributed by atoms with van der Waals surface area (Å²) in [6.07, 6.45) is 3.33. The largest absolute Gasteiger partial charge is 0.487 e. The molecule has 27 heavy (non-hydrogen) atoms. The van der Waals surface area contributed by atoms with Gasteiger partial charge in [-0.1, -0.05) is 23.4 Å². The average Bonchev–Trinajstić information content (AvgIpc) is 3.20. The van der Waals surface area contributed by atoms with Crippen molar-refractivity contribution in [2.45, 2.75) is 24.6 Å². The van der Waals surface area contributed by atoms with Crippen LogP contribution in [0, 0.1) is 6.92 Å². The molecular weight excluding hydrogens is 368 g/mol. The van der Waals surface area contributed by atoms with Gasteiger partial charge in [0, 0.05) is 26.3 Å². The lowest BCUT2D eigenvalue weighted by Gasteiger charge is -2.36. The smallest absolute Gasteiger partial charge is 0.262 e. The Hall–Kier alpha value is -2.72. The molecule has 0 amide bonds. The van der Waals surface area contributed by atoms with Crippen molar-refractivity contribution in [2.75, 3.05) is 13.1 Å². The molecule has 0 atom stereocenters. The molecule has 0 saturated carbocycles.